The molecule has 22 heavy (non-hydrogen) atoms. The topological polar surface area (TPSA) is 75.6 Å². The lowest BCUT2D eigenvalue weighted by atomic mass is 10.1. The highest BCUT2D eigenvalue weighted by atomic mass is 16.5. The van der Waals surface area contributed by atoms with Crippen molar-refractivity contribution in [1.82, 2.24) is 15.1 Å². The Hall–Kier alpha value is -3.26. The summed E-state index contributed by atoms with van der Waals surface area (Å²) < 4.78 is 5.21. The number of rotatable bonds is 3. The van der Waals surface area contributed by atoms with E-state index in [-0.39, 0.29) is 5.89 Å². The maximum Gasteiger partial charge on any atom is 0.268 e. The van der Waals surface area contributed by atoms with Crippen LogP contribution in [0.25, 0.3) is 23.0 Å². The molecule has 3 aromatic rings. The molecule has 2 aromatic heterocycles. The average Bonchev–Trinajstić information content (AvgIpc) is 3.04. The number of aromatic nitrogens is 3. The lowest BCUT2D eigenvalue weighted by molar-refractivity contribution is 0.409. The molecule has 0 spiro atoms. The number of benzene rings is 1. The van der Waals surface area contributed by atoms with Gasteiger partial charge in [-0.05, 0) is 30.7 Å². The Balaban J connectivity index is 1.94. The van der Waals surface area contributed by atoms with Gasteiger partial charge in [0.1, 0.15) is 11.6 Å². The van der Waals surface area contributed by atoms with E-state index in [0.717, 1.165) is 16.7 Å². The standard InChI is InChI=1S/C17H12N4O/c1-12-2-4-14(5-3-12)16-20-17(22-21-16)15(11-18)10-13-6-8-19-9-7-13/h2-10H,1H3. The number of pyridine rings is 1. The largest absolute Gasteiger partial charge is 0.333 e. The fourth-order valence-electron chi connectivity index (χ4n) is 1.92. The Morgan fingerprint density at radius 1 is 1.14 bits per heavy atom. The van der Waals surface area contributed by atoms with E-state index >= 15 is 0 Å². The Labute approximate surface area is 127 Å². The minimum atomic E-state index is 0.204. The smallest absolute Gasteiger partial charge is 0.268 e. The van der Waals surface area contributed by atoms with Gasteiger partial charge in [0, 0.05) is 18.0 Å². The van der Waals surface area contributed by atoms with Crippen LogP contribution in [0.5, 0.6) is 0 Å². The van der Waals surface area contributed by atoms with Crippen LogP contribution in [0.2, 0.25) is 0 Å². The van der Waals surface area contributed by atoms with Crippen molar-refractivity contribution in [1.29, 1.82) is 5.26 Å². The number of nitrogens with zero attached hydrogens (tertiary/aromatic N) is 4. The molecule has 0 fully saturated rings. The summed E-state index contributed by atoms with van der Waals surface area (Å²) in [7, 11) is 0. The van der Waals surface area contributed by atoms with E-state index in [2.05, 4.69) is 21.2 Å². The second-order valence-corrected chi connectivity index (χ2v) is 4.74. The van der Waals surface area contributed by atoms with Crippen molar-refractivity contribution in [3.8, 4) is 17.5 Å². The summed E-state index contributed by atoms with van der Waals surface area (Å²) in [4.78, 5) is 8.23. The zero-order valence-corrected chi connectivity index (χ0v) is 11.9. The molecule has 0 aliphatic heterocycles. The first-order valence-corrected chi connectivity index (χ1v) is 6.69. The molecule has 0 bridgehead atoms. The molecule has 3 rings (SSSR count). The number of hydrogen-bond acceptors (Lipinski definition) is 5. The van der Waals surface area contributed by atoms with Crippen LogP contribution >= 0.6 is 0 Å². The van der Waals surface area contributed by atoms with E-state index in [1.54, 1.807) is 30.6 Å². The predicted molar refractivity (Wildman–Crippen MR) is 82.2 cm³/mol. The van der Waals surface area contributed by atoms with Crippen LogP contribution in [0.15, 0.2) is 53.3 Å². The summed E-state index contributed by atoms with van der Waals surface area (Å²) in [5.41, 5.74) is 3.17. The van der Waals surface area contributed by atoms with Crippen molar-refractivity contribution in [2.75, 3.05) is 0 Å². The molecule has 0 radical (unpaired) electrons. The van der Waals surface area contributed by atoms with Crippen LogP contribution in [0.4, 0.5) is 0 Å². The van der Waals surface area contributed by atoms with Crippen molar-refractivity contribution in [3.05, 3.63) is 65.8 Å². The van der Waals surface area contributed by atoms with Gasteiger partial charge in [-0.1, -0.05) is 35.0 Å². The number of nitriles is 1. The van der Waals surface area contributed by atoms with E-state index in [9.17, 15) is 5.26 Å². The lowest BCUT2D eigenvalue weighted by Crippen LogP contribution is -1.84. The highest BCUT2D eigenvalue weighted by Gasteiger charge is 2.12. The molecule has 0 saturated carbocycles. The summed E-state index contributed by atoms with van der Waals surface area (Å²) >= 11 is 0. The molecular weight excluding hydrogens is 276 g/mol. The summed E-state index contributed by atoms with van der Waals surface area (Å²) in [6.45, 7) is 2.01. The molecule has 106 valence electrons. The highest BCUT2D eigenvalue weighted by Crippen LogP contribution is 2.21. The van der Waals surface area contributed by atoms with E-state index in [1.165, 1.54) is 0 Å². The second-order valence-electron chi connectivity index (χ2n) is 4.74. The van der Waals surface area contributed by atoms with Gasteiger partial charge in [-0.15, -0.1) is 0 Å². The minimum absolute atomic E-state index is 0.204. The van der Waals surface area contributed by atoms with Gasteiger partial charge in [0.05, 0.1) is 0 Å². The first-order valence-electron chi connectivity index (χ1n) is 6.69. The van der Waals surface area contributed by atoms with E-state index in [0.29, 0.717) is 11.4 Å². The summed E-state index contributed by atoms with van der Waals surface area (Å²) in [5, 5.41) is 13.2. The molecule has 1 aromatic carbocycles. The molecule has 0 atom stereocenters. The van der Waals surface area contributed by atoms with Gasteiger partial charge in [-0.25, -0.2) is 0 Å². The molecule has 0 aliphatic rings. The fourth-order valence-corrected chi connectivity index (χ4v) is 1.92. The molecule has 5 heteroatoms. The Morgan fingerprint density at radius 2 is 1.86 bits per heavy atom. The van der Waals surface area contributed by atoms with Crippen molar-refractivity contribution in [2.45, 2.75) is 6.92 Å². The Bertz CT molecular complexity index is 842. The van der Waals surface area contributed by atoms with Crippen molar-refractivity contribution >= 4 is 11.6 Å². The van der Waals surface area contributed by atoms with E-state index in [1.807, 2.05) is 31.2 Å². The van der Waals surface area contributed by atoms with Gasteiger partial charge in [-0.2, -0.15) is 10.2 Å². The molecule has 2 heterocycles. The first-order chi connectivity index (χ1) is 10.8. The minimum Gasteiger partial charge on any atom is -0.333 e. The summed E-state index contributed by atoms with van der Waals surface area (Å²) in [6.07, 6.45) is 5.01. The van der Waals surface area contributed by atoms with Crippen molar-refractivity contribution in [3.63, 3.8) is 0 Å². The highest BCUT2D eigenvalue weighted by molar-refractivity contribution is 5.86. The van der Waals surface area contributed by atoms with Crippen LogP contribution in [0.1, 0.15) is 17.0 Å². The number of aryl methyl sites for hydroxylation is 1. The van der Waals surface area contributed by atoms with Crippen molar-refractivity contribution in [2.24, 2.45) is 0 Å². The molecular formula is C17H12N4O. The van der Waals surface area contributed by atoms with Crippen LogP contribution < -0.4 is 0 Å². The second kappa shape index (κ2) is 6.02. The van der Waals surface area contributed by atoms with E-state index < -0.39 is 0 Å². The van der Waals surface area contributed by atoms with Crippen LogP contribution in [-0.2, 0) is 0 Å². The molecule has 5 nitrogen and oxygen atoms in total. The zero-order valence-electron chi connectivity index (χ0n) is 11.9. The van der Waals surface area contributed by atoms with Crippen molar-refractivity contribution < 1.29 is 4.52 Å². The van der Waals surface area contributed by atoms with Crippen LogP contribution in [-0.4, -0.2) is 15.1 Å². The zero-order chi connectivity index (χ0) is 15.4. The molecule has 0 saturated heterocycles. The van der Waals surface area contributed by atoms with Crippen LogP contribution in [0.3, 0.4) is 0 Å². The average molecular weight is 288 g/mol. The van der Waals surface area contributed by atoms with Crippen LogP contribution in [0, 0.1) is 18.3 Å². The van der Waals surface area contributed by atoms with Gasteiger partial charge in [0.2, 0.25) is 5.82 Å². The molecule has 0 unspecified atom stereocenters. The van der Waals surface area contributed by atoms with Gasteiger partial charge in [-0.3, -0.25) is 4.98 Å². The Kier molecular flexibility index (Phi) is 3.75. The quantitative estimate of drug-likeness (QED) is 0.689. The van der Waals surface area contributed by atoms with Gasteiger partial charge >= 0.3 is 0 Å². The maximum atomic E-state index is 9.30. The normalized spacial score (nSPS) is 11.2. The lowest BCUT2D eigenvalue weighted by Gasteiger charge is -1.94. The van der Waals surface area contributed by atoms with Gasteiger partial charge in [0.25, 0.3) is 5.89 Å². The third-order valence-electron chi connectivity index (χ3n) is 3.10. The predicted octanol–water partition coefficient (Wildman–Crippen LogP) is 3.50. The number of allylic oxidation sites excluding steroid dienone is 1. The number of hydrogen-bond donors (Lipinski definition) is 0. The molecule has 0 amide bonds. The molecule has 0 N–H and O–H groups in total. The monoisotopic (exact) mass is 288 g/mol. The molecule has 0 aliphatic carbocycles. The maximum absolute atomic E-state index is 9.30. The summed E-state index contributed by atoms with van der Waals surface area (Å²) in [5.74, 6) is 0.667. The van der Waals surface area contributed by atoms with Gasteiger partial charge in [0.15, 0.2) is 0 Å². The first kappa shape index (κ1) is 13.7. The summed E-state index contributed by atoms with van der Waals surface area (Å²) in [6, 6.07) is 13.5. The fraction of sp³-hybridized carbons (Fsp3) is 0.0588. The third-order valence-corrected chi connectivity index (χ3v) is 3.10. The van der Waals surface area contributed by atoms with E-state index in [4.69, 9.17) is 4.52 Å². The van der Waals surface area contributed by atoms with Gasteiger partial charge < -0.3 is 4.52 Å². The Morgan fingerprint density at radius 3 is 2.55 bits per heavy atom. The third kappa shape index (κ3) is 2.91. The SMILES string of the molecule is Cc1ccc(-c2noc(C(C#N)=Cc3ccncc3)n2)cc1.